The molecular weight excluding hydrogens is 181 g/mol. The Morgan fingerprint density at radius 3 is 2.18 bits per heavy atom. The fourth-order valence-electron chi connectivity index (χ4n) is 0.740. The number of nitrogens with two attached hydrogens (primary N) is 1. The van der Waals surface area contributed by atoms with Gasteiger partial charge in [0.05, 0.1) is 4.90 Å². The van der Waals surface area contributed by atoms with Crippen molar-refractivity contribution >= 4 is 24.6 Å². The van der Waals surface area contributed by atoms with Crippen LogP contribution in [0.5, 0.6) is 0 Å². The van der Waals surface area contributed by atoms with Crippen LogP contribution < -0.4 is 10.4 Å². The van der Waals surface area contributed by atoms with E-state index in [2.05, 4.69) is 9.24 Å². The van der Waals surface area contributed by atoms with E-state index in [0.29, 0.717) is 5.30 Å². The van der Waals surface area contributed by atoms with E-state index in [1.54, 1.807) is 18.2 Å². The molecule has 0 aromatic heterocycles. The Balaban J connectivity index is 3.37. The zero-order chi connectivity index (χ0) is 8.48. The molecule has 0 aliphatic heterocycles. The molecule has 1 unspecified atom stereocenters. The van der Waals surface area contributed by atoms with E-state index in [1.807, 2.05) is 0 Å². The summed E-state index contributed by atoms with van der Waals surface area (Å²) in [4.78, 5) is 0.157. The third-order valence-corrected chi connectivity index (χ3v) is 2.92. The maximum absolute atomic E-state index is 10.8. The Bertz CT molecular complexity index is 361. The Hall–Kier alpha value is -0.440. The third kappa shape index (κ3) is 1.99. The van der Waals surface area contributed by atoms with Gasteiger partial charge in [0.25, 0.3) is 0 Å². The van der Waals surface area contributed by atoms with Crippen LogP contribution in [-0.2, 0) is 10.0 Å². The molecule has 1 aromatic carbocycles. The van der Waals surface area contributed by atoms with Gasteiger partial charge >= 0.3 is 0 Å². The largest absolute Gasteiger partial charge is 0.238 e. The molecule has 1 atom stereocenters. The molecule has 5 heteroatoms. The fourth-order valence-corrected chi connectivity index (χ4v) is 2.10. The minimum atomic E-state index is -3.55. The zero-order valence-corrected chi connectivity index (χ0v) is 7.66. The van der Waals surface area contributed by atoms with Crippen molar-refractivity contribution < 1.29 is 8.42 Å². The summed E-state index contributed by atoms with van der Waals surface area (Å²) >= 11 is 0. The molecule has 2 N–H and O–H groups in total. The number of hydrogen-bond donors (Lipinski definition) is 1. The molecule has 0 aliphatic rings. The molecule has 0 heterocycles. The van der Waals surface area contributed by atoms with E-state index in [9.17, 15) is 8.42 Å². The maximum atomic E-state index is 10.8. The summed E-state index contributed by atoms with van der Waals surface area (Å²) < 4.78 is 21.6. The Morgan fingerprint density at radius 1 is 1.27 bits per heavy atom. The minimum Gasteiger partial charge on any atom is -0.225 e. The molecule has 1 rings (SSSR count). The van der Waals surface area contributed by atoms with Crippen LogP contribution in [0.2, 0.25) is 0 Å². The van der Waals surface area contributed by atoms with Crippen molar-refractivity contribution in [1.29, 1.82) is 0 Å². The molecule has 0 amide bonds. The SMILES string of the molecule is NS(=O)(=O)c1ccccc1P. The van der Waals surface area contributed by atoms with Crippen molar-refractivity contribution in [2.45, 2.75) is 4.90 Å². The smallest absolute Gasteiger partial charge is 0.225 e. The van der Waals surface area contributed by atoms with Crippen LogP contribution in [0.1, 0.15) is 0 Å². The predicted octanol–water partition coefficient (Wildman–Crippen LogP) is -0.166. The second-order valence-corrected chi connectivity index (χ2v) is 4.23. The quantitative estimate of drug-likeness (QED) is 0.624. The van der Waals surface area contributed by atoms with Crippen LogP contribution in [0, 0.1) is 0 Å². The van der Waals surface area contributed by atoms with Crippen LogP contribution in [-0.4, -0.2) is 8.42 Å². The maximum Gasteiger partial charge on any atom is 0.238 e. The first kappa shape index (κ1) is 8.65. The lowest BCUT2D eigenvalue weighted by Gasteiger charge is -1.99. The van der Waals surface area contributed by atoms with Crippen molar-refractivity contribution in [3.8, 4) is 0 Å². The van der Waals surface area contributed by atoms with Crippen molar-refractivity contribution in [2.24, 2.45) is 5.14 Å². The highest BCUT2D eigenvalue weighted by Gasteiger charge is 2.08. The summed E-state index contributed by atoms with van der Waals surface area (Å²) in [6, 6.07) is 6.52. The van der Waals surface area contributed by atoms with Gasteiger partial charge in [-0.3, -0.25) is 0 Å². The van der Waals surface area contributed by atoms with E-state index in [1.165, 1.54) is 6.07 Å². The van der Waals surface area contributed by atoms with Gasteiger partial charge < -0.3 is 0 Å². The lowest BCUT2D eigenvalue weighted by Crippen LogP contribution is -2.17. The number of rotatable bonds is 1. The number of hydrogen-bond acceptors (Lipinski definition) is 2. The van der Waals surface area contributed by atoms with Gasteiger partial charge in [-0.25, -0.2) is 13.6 Å². The first-order valence-electron chi connectivity index (χ1n) is 2.89. The standard InChI is InChI=1S/C6H8NO2PS/c7-11(8,9)6-4-2-1-3-5(6)10/h1-4H,10H2,(H2,7,8,9). The lowest BCUT2D eigenvalue weighted by atomic mass is 10.4. The second-order valence-electron chi connectivity index (χ2n) is 2.08. The van der Waals surface area contributed by atoms with Gasteiger partial charge in [-0.1, -0.05) is 18.2 Å². The molecule has 60 valence electrons. The first-order chi connectivity index (χ1) is 5.02. The van der Waals surface area contributed by atoms with Crippen molar-refractivity contribution in [3.63, 3.8) is 0 Å². The Labute approximate surface area is 67.9 Å². The fraction of sp³-hybridized carbons (Fsp3) is 0. The molecule has 0 radical (unpaired) electrons. The average Bonchev–Trinajstić information content (AvgIpc) is 1.86. The molecule has 0 spiro atoms. The van der Waals surface area contributed by atoms with E-state index in [0.717, 1.165) is 0 Å². The van der Waals surface area contributed by atoms with Crippen LogP contribution in [0.25, 0.3) is 0 Å². The highest BCUT2D eigenvalue weighted by atomic mass is 32.2. The van der Waals surface area contributed by atoms with Crippen molar-refractivity contribution in [2.75, 3.05) is 0 Å². The van der Waals surface area contributed by atoms with E-state index in [4.69, 9.17) is 5.14 Å². The Kier molecular flexibility index (Phi) is 2.28. The second kappa shape index (κ2) is 2.89. The molecule has 0 bridgehead atoms. The van der Waals surface area contributed by atoms with E-state index < -0.39 is 10.0 Å². The summed E-state index contributed by atoms with van der Waals surface area (Å²) in [7, 11) is -1.24. The van der Waals surface area contributed by atoms with Crippen molar-refractivity contribution in [1.82, 2.24) is 0 Å². The summed E-state index contributed by atoms with van der Waals surface area (Å²) in [6.45, 7) is 0. The van der Waals surface area contributed by atoms with Crippen molar-refractivity contribution in [3.05, 3.63) is 24.3 Å². The van der Waals surface area contributed by atoms with Gasteiger partial charge in [0.15, 0.2) is 0 Å². The third-order valence-electron chi connectivity index (χ3n) is 1.23. The number of primary sulfonamides is 1. The highest BCUT2D eigenvalue weighted by Crippen LogP contribution is 2.05. The number of sulfonamides is 1. The highest BCUT2D eigenvalue weighted by molar-refractivity contribution is 7.89. The van der Waals surface area contributed by atoms with Gasteiger partial charge in [-0.15, -0.1) is 9.24 Å². The first-order valence-corrected chi connectivity index (χ1v) is 5.01. The zero-order valence-electron chi connectivity index (χ0n) is 5.69. The van der Waals surface area contributed by atoms with Gasteiger partial charge in [0.2, 0.25) is 10.0 Å². The topological polar surface area (TPSA) is 60.2 Å². The molecule has 0 fully saturated rings. The molecule has 0 aliphatic carbocycles. The molecule has 1 aromatic rings. The summed E-state index contributed by atoms with van der Waals surface area (Å²) in [5.41, 5.74) is 0. The van der Waals surface area contributed by atoms with Gasteiger partial charge in [-0.05, 0) is 11.4 Å². The van der Waals surface area contributed by atoms with E-state index >= 15 is 0 Å². The summed E-state index contributed by atoms with van der Waals surface area (Å²) in [5.74, 6) is 0. The van der Waals surface area contributed by atoms with Crippen LogP contribution >= 0.6 is 9.24 Å². The minimum absolute atomic E-state index is 0.157. The van der Waals surface area contributed by atoms with Crippen LogP contribution in [0.15, 0.2) is 29.2 Å². The summed E-state index contributed by atoms with van der Waals surface area (Å²) in [6.07, 6.45) is 0. The normalized spacial score (nSPS) is 11.5. The average molecular weight is 189 g/mol. The predicted molar refractivity (Wildman–Crippen MR) is 47.2 cm³/mol. The molecule has 0 saturated carbocycles. The number of benzene rings is 1. The molecule has 11 heavy (non-hydrogen) atoms. The van der Waals surface area contributed by atoms with Gasteiger partial charge in [0, 0.05) is 0 Å². The van der Waals surface area contributed by atoms with E-state index in [-0.39, 0.29) is 4.90 Å². The Morgan fingerprint density at radius 2 is 1.82 bits per heavy atom. The summed E-state index contributed by atoms with van der Waals surface area (Å²) in [5, 5.41) is 5.51. The van der Waals surface area contributed by atoms with Gasteiger partial charge in [0.1, 0.15) is 0 Å². The van der Waals surface area contributed by atoms with Crippen LogP contribution in [0.3, 0.4) is 0 Å². The van der Waals surface area contributed by atoms with Crippen LogP contribution in [0.4, 0.5) is 0 Å². The van der Waals surface area contributed by atoms with Gasteiger partial charge in [-0.2, -0.15) is 0 Å². The molecule has 3 nitrogen and oxygen atoms in total. The lowest BCUT2D eigenvalue weighted by molar-refractivity contribution is 0.598. The monoisotopic (exact) mass is 189 g/mol. The molecular formula is C6H8NO2PS. The molecule has 0 saturated heterocycles.